The van der Waals surface area contributed by atoms with Gasteiger partial charge in [-0.25, -0.2) is 0 Å². The first-order valence-corrected chi connectivity index (χ1v) is 9.94. The zero-order chi connectivity index (χ0) is 18.6. The highest BCUT2D eigenvalue weighted by Crippen LogP contribution is 2.22. The molecule has 0 N–H and O–H groups in total. The maximum atomic E-state index is 5.76. The molecule has 0 aliphatic carbocycles. The van der Waals surface area contributed by atoms with Crippen LogP contribution in [0.3, 0.4) is 0 Å². The van der Waals surface area contributed by atoms with E-state index in [9.17, 15) is 0 Å². The van der Waals surface area contributed by atoms with E-state index in [0.717, 1.165) is 36.6 Å². The summed E-state index contributed by atoms with van der Waals surface area (Å²) in [6, 6.07) is 16.2. The molecule has 0 aliphatic heterocycles. The molecule has 1 unspecified atom stereocenters. The van der Waals surface area contributed by atoms with E-state index in [0.29, 0.717) is 5.92 Å². The van der Waals surface area contributed by atoms with E-state index < -0.39 is 0 Å². The van der Waals surface area contributed by atoms with Crippen LogP contribution in [0.15, 0.2) is 58.8 Å². The molecule has 0 saturated heterocycles. The fourth-order valence-corrected chi connectivity index (χ4v) is 2.57. The summed E-state index contributed by atoms with van der Waals surface area (Å²) in [7, 11) is 0. The van der Waals surface area contributed by atoms with Gasteiger partial charge in [0.15, 0.2) is 0 Å². The topological polar surface area (TPSA) is 34.0 Å². The normalized spacial score (nSPS) is 12.4. The molecule has 2 aromatic carbocycles. The van der Waals surface area contributed by atoms with Crippen LogP contribution in [0.2, 0.25) is 0 Å². The number of ether oxygens (including phenoxy) is 1. The monoisotopic (exact) mass is 352 g/mol. The van der Waals surface area contributed by atoms with E-state index in [-0.39, 0.29) is 0 Å². The fourth-order valence-electron chi connectivity index (χ4n) is 2.57. The lowest BCUT2D eigenvalue weighted by atomic mass is 10.1. The summed E-state index contributed by atoms with van der Waals surface area (Å²) in [6.45, 7) is 7.37. The van der Waals surface area contributed by atoms with E-state index in [1.165, 1.54) is 31.2 Å². The van der Waals surface area contributed by atoms with Crippen molar-refractivity contribution in [2.45, 2.75) is 59.3 Å². The van der Waals surface area contributed by atoms with Crippen molar-refractivity contribution in [3.8, 4) is 5.75 Å². The van der Waals surface area contributed by atoms with Crippen molar-refractivity contribution in [1.82, 2.24) is 0 Å². The largest absolute Gasteiger partial charge is 0.493 e. The summed E-state index contributed by atoms with van der Waals surface area (Å²) in [6.07, 6.45) is 7.46. The molecule has 0 bridgehead atoms. The first kappa shape index (κ1) is 20.2. The molecule has 0 radical (unpaired) electrons. The van der Waals surface area contributed by atoms with Gasteiger partial charge in [0, 0.05) is 0 Å². The Morgan fingerprint density at radius 3 is 2.00 bits per heavy atom. The summed E-state index contributed by atoms with van der Waals surface area (Å²) in [5, 5.41) is 8.64. The Kier molecular flexibility index (Phi) is 8.88. The molecule has 1 atom stereocenters. The van der Waals surface area contributed by atoms with Gasteiger partial charge < -0.3 is 4.74 Å². The van der Waals surface area contributed by atoms with Crippen LogP contribution in [0, 0.1) is 5.92 Å². The molecule has 0 heterocycles. The number of hydrogen-bond acceptors (Lipinski definition) is 3. The van der Waals surface area contributed by atoms with Crippen molar-refractivity contribution in [3.63, 3.8) is 0 Å². The molecule has 0 spiro atoms. The minimum absolute atomic E-state index is 0.573. The van der Waals surface area contributed by atoms with E-state index >= 15 is 0 Å². The molecule has 3 heteroatoms. The molecule has 26 heavy (non-hydrogen) atoms. The highest BCUT2D eigenvalue weighted by Gasteiger charge is 2.00. The van der Waals surface area contributed by atoms with Crippen LogP contribution in [-0.4, -0.2) is 6.61 Å². The standard InChI is InChI=1S/C23H32N2O/c1-4-6-7-8-9-20-10-12-21(13-11-20)24-25-22-14-16-23(17-15-22)26-18-19(3)5-2/h10-17,19H,4-9,18H2,1-3H3. The van der Waals surface area contributed by atoms with Crippen molar-refractivity contribution in [2.75, 3.05) is 6.61 Å². The number of rotatable bonds is 11. The maximum absolute atomic E-state index is 5.76. The van der Waals surface area contributed by atoms with Gasteiger partial charge in [-0.1, -0.05) is 58.6 Å². The number of aryl methyl sites for hydroxylation is 1. The predicted molar refractivity (Wildman–Crippen MR) is 110 cm³/mol. The summed E-state index contributed by atoms with van der Waals surface area (Å²) in [5.74, 6) is 1.46. The summed E-state index contributed by atoms with van der Waals surface area (Å²) in [5.41, 5.74) is 3.10. The third-order valence-electron chi connectivity index (χ3n) is 4.60. The third kappa shape index (κ3) is 7.38. The quantitative estimate of drug-likeness (QED) is 0.302. The van der Waals surface area contributed by atoms with Crippen molar-refractivity contribution >= 4 is 11.4 Å². The van der Waals surface area contributed by atoms with E-state index in [2.05, 4.69) is 43.1 Å². The van der Waals surface area contributed by atoms with Gasteiger partial charge in [-0.15, -0.1) is 0 Å². The van der Waals surface area contributed by atoms with Crippen molar-refractivity contribution in [3.05, 3.63) is 54.1 Å². The second kappa shape index (κ2) is 11.5. The molecule has 2 aromatic rings. The fraction of sp³-hybridized carbons (Fsp3) is 0.478. The Bertz CT molecular complexity index is 647. The van der Waals surface area contributed by atoms with E-state index in [1.54, 1.807) is 0 Å². The first-order chi connectivity index (χ1) is 12.7. The second-order valence-corrected chi connectivity index (χ2v) is 7.00. The lowest BCUT2D eigenvalue weighted by Gasteiger charge is -2.10. The summed E-state index contributed by atoms with van der Waals surface area (Å²) < 4.78 is 5.76. The molecular weight excluding hydrogens is 320 g/mol. The smallest absolute Gasteiger partial charge is 0.119 e. The van der Waals surface area contributed by atoms with E-state index in [4.69, 9.17) is 4.74 Å². The molecule has 3 nitrogen and oxygen atoms in total. The summed E-state index contributed by atoms with van der Waals surface area (Å²) >= 11 is 0. The zero-order valence-corrected chi connectivity index (χ0v) is 16.4. The average molecular weight is 353 g/mol. The highest BCUT2D eigenvalue weighted by molar-refractivity contribution is 5.43. The Balaban J connectivity index is 1.83. The predicted octanol–water partition coefficient (Wildman–Crippen LogP) is 7.65. The molecular formula is C23H32N2O. The Morgan fingerprint density at radius 1 is 0.808 bits per heavy atom. The Labute approximate surface area is 158 Å². The first-order valence-electron chi connectivity index (χ1n) is 9.94. The van der Waals surface area contributed by atoms with Gasteiger partial charge in [-0.3, -0.25) is 0 Å². The van der Waals surface area contributed by atoms with Crippen molar-refractivity contribution < 1.29 is 4.74 Å². The maximum Gasteiger partial charge on any atom is 0.119 e. The van der Waals surface area contributed by atoms with Crippen LogP contribution in [0.4, 0.5) is 11.4 Å². The number of nitrogens with zero attached hydrogens (tertiary/aromatic N) is 2. The molecule has 0 fully saturated rings. The molecule has 0 amide bonds. The van der Waals surface area contributed by atoms with Crippen LogP contribution in [0.5, 0.6) is 5.75 Å². The molecule has 2 rings (SSSR count). The van der Waals surface area contributed by atoms with Gasteiger partial charge in [-0.2, -0.15) is 10.2 Å². The van der Waals surface area contributed by atoms with Crippen LogP contribution in [0.25, 0.3) is 0 Å². The van der Waals surface area contributed by atoms with Crippen molar-refractivity contribution in [2.24, 2.45) is 16.1 Å². The number of azo groups is 1. The van der Waals surface area contributed by atoms with Crippen LogP contribution < -0.4 is 4.74 Å². The van der Waals surface area contributed by atoms with E-state index in [1.807, 2.05) is 36.4 Å². The number of unbranched alkanes of at least 4 members (excludes halogenated alkanes) is 3. The van der Waals surface area contributed by atoms with Gasteiger partial charge >= 0.3 is 0 Å². The zero-order valence-electron chi connectivity index (χ0n) is 16.4. The minimum Gasteiger partial charge on any atom is -0.493 e. The SMILES string of the molecule is CCCCCCc1ccc(N=Nc2ccc(OCC(C)CC)cc2)cc1. The van der Waals surface area contributed by atoms with Gasteiger partial charge in [0.2, 0.25) is 0 Å². The molecule has 140 valence electrons. The van der Waals surface area contributed by atoms with Crippen LogP contribution in [0.1, 0.15) is 58.4 Å². The van der Waals surface area contributed by atoms with Gasteiger partial charge in [0.05, 0.1) is 18.0 Å². The summed E-state index contributed by atoms with van der Waals surface area (Å²) in [4.78, 5) is 0. The van der Waals surface area contributed by atoms with Gasteiger partial charge in [0.1, 0.15) is 5.75 Å². The van der Waals surface area contributed by atoms with Crippen LogP contribution in [-0.2, 0) is 6.42 Å². The molecule has 0 aromatic heterocycles. The van der Waals surface area contributed by atoms with Gasteiger partial charge in [-0.05, 0) is 60.7 Å². The third-order valence-corrected chi connectivity index (χ3v) is 4.60. The Morgan fingerprint density at radius 2 is 1.42 bits per heavy atom. The van der Waals surface area contributed by atoms with Crippen molar-refractivity contribution in [1.29, 1.82) is 0 Å². The molecule has 0 aliphatic rings. The highest BCUT2D eigenvalue weighted by atomic mass is 16.5. The lowest BCUT2D eigenvalue weighted by Crippen LogP contribution is -2.06. The second-order valence-electron chi connectivity index (χ2n) is 7.00. The Hall–Kier alpha value is -2.16. The number of benzene rings is 2. The van der Waals surface area contributed by atoms with Crippen LogP contribution >= 0.6 is 0 Å². The average Bonchev–Trinajstić information content (AvgIpc) is 2.69. The number of hydrogen-bond donors (Lipinski definition) is 0. The van der Waals surface area contributed by atoms with Gasteiger partial charge in [0.25, 0.3) is 0 Å². The molecule has 0 saturated carbocycles. The lowest BCUT2D eigenvalue weighted by molar-refractivity contribution is 0.256. The minimum atomic E-state index is 0.573.